The number of carbonyl (C=O) groups is 1. The number of nitrogens with zero attached hydrogens (tertiary/aromatic N) is 3. The van der Waals surface area contributed by atoms with E-state index in [0.29, 0.717) is 12.5 Å². The molecule has 21 heavy (non-hydrogen) atoms. The third-order valence-electron chi connectivity index (χ3n) is 4.13. The molecule has 2 aliphatic rings. The minimum atomic E-state index is -4.53. The van der Waals surface area contributed by atoms with E-state index in [-0.39, 0.29) is 18.4 Å². The second-order valence-corrected chi connectivity index (χ2v) is 5.59. The van der Waals surface area contributed by atoms with E-state index in [9.17, 15) is 23.1 Å². The first kappa shape index (κ1) is 14.1. The lowest BCUT2D eigenvalue weighted by atomic mass is 9.92. The molecule has 0 bridgehead atoms. The summed E-state index contributed by atoms with van der Waals surface area (Å²) in [6.45, 7) is 0.570. The van der Waals surface area contributed by atoms with Crippen LogP contribution in [0.1, 0.15) is 18.5 Å². The second-order valence-electron chi connectivity index (χ2n) is 5.59. The first-order valence-electron chi connectivity index (χ1n) is 6.74. The Morgan fingerprint density at radius 2 is 2.05 bits per heavy atom. The number of aromatic nitrogens is 2. The molecule has 2 heterocycles. The maximum Gasteiger partial charge on any atom is 0.433 e. The number of anilines is 1. The highest BCUT2D eigenvalue weighted by atomic mass is 19.4. The van der Waals surface area contributed by atoms with Crippen molar-refractivity contribution in [2.75, 3.05) is 18.0 Å². The van der Waals surface area contributed by atoms with Crippen molar-refractivity contribution < 1.29 is 23.1 Å². The van der Waals surface area contributed by atoms with Gasteiger partial charge in [0, 0.05) is 19.3 Å². The first-order chi connectivity index (χ1) is 9.86. The summed E-state index contributed by atoms with van der Waals surface area (Å²) in [5.41, 5.74) is -1.01. The van der Waals surface area contributed by atoms with Gasteiger partial charge in [0.25, 0.3) is 0 Å². The second kappa shape index (κ2) is 4.85. The summed E-state index contributed by atoms with van der Waals surface area (Å²) in [5.74, 6) is -1.17. The van der Waals surface area contributed by atoms with E-state index < -0.39 is 23.8 Å². The Morgan fingerprint density at radius 1 is 1.33 bits per heavy atom. The maximum atomic E-state index is 12.7. The monoisotopic (exact) mass is 301 g/mol. The van der Waals surface area contributed by atoms with E-state index in [1.807, 2.05) is 0 Å². The zero-order valence-corrected chi connectivity index (χ0v) is 11.0. The van der Waals surface area contributed by atoms with Crippen LogP contribution in [0.3, 0.4) is 0 Å². The Labute approximate surface area is 118 Å². The van der Waals surface area contributed by atoms with Crippen LogP contribution < -0.4 is 4.90 Å². The summed E-state index contributed by atoms with van der Waals surface area (Å²) < 4.78 is 38.0. The van der Waals surface area contributed by atoms with Gasteiger partial charge in [0.05, 0.1) is 5.92 Å². The van der Waals surface area contributed by atoms with E-state index in [2.05, 4.69) is 9.97 Å². The quantitative estimate of drug-likeness (QED) is 0.925. The number of halogens is 3. The lowest BCUT2D eigenvalue weighted by molar-refractivity contribution is -0.143. The van der Waals surface area contributed by atoms with Gasteiger partial charge in [0.2, 0.25) is 5.95 Å². The van der Waals surface area contributed by atoms with Crippen LogP contribution in [-0.2, 0) is 11.0 Å². The van der Waals surface area contributed by atoms with Crippen LogP contribution in [-0.4, -0.2) is 34.1 Å². The molecule has 0 unspecified atom stereocenters. The summed E-state index contributed by atoms with van der Waals surface area (Å²) in [4.78, 5) is 20.2. The molecular weight excluding hydrogens is 287 g/mol. The van der Waals surface area contributed by atoms with Gasteiger partial charge in [-0.2, -0.15) is 13.2 Å². The Kier molecular flexibility index (Phi) is 3.26. The molecule has 1 aliphatic carbocycles. The number of rotatable bonds is 3. The molecule has 1 N–H and O–H groups in total. The van der Waals surface area contributed by atoms with Gasteiger partial charge in [-0.3, -0.25) is 4.79 Å². The van der Waals surface area contributed by atoms with Gasteiger partial charge in [-0.15, -0.1) is 0 Å². The van der Waals surface area contributed by atoms with E-state index in [1.165, 1.54) is 0 Å². The van der Waals surface area contributed by atoms with Gasteiger partial charge < -0.3 is 10.0 Å². The minimum Gasteiger partial charge on any atom is -0.481 e. The number of aliphatic carboxylic acids is 1. The number of carboxylic acid groups (broad SMARTS) is 1. The van der Waals surface area contributed by atoms with Crippen molar-refractivity contribution in [1.82, 2.24) is 9.97 Å². The molecule has 3 rings (SSSR count). The van der Waals surface area contributed by atoms with Crippen molar-refractivity contribution in [2.45, 2.75) is 19.0 Å². The number of carboxylic acids is 1. The molecule has 2 fully saturated rings. The summed E-state index contributed by atoms with van der Waals surface area (Å²) in [5, 5.41) is 9.26. The van der Waals surface area contributed by atoms with Gasteiger partial charge >= 0.3 is 12.1 Å². The number of hydrogen-bond donors (Lipinski definition) is 1. The Hall–Kier alpha value is -1.86. The van der Waals surface area contributed by atoms with E-state index in [4.69, 9.17) is 0 Å². The van der Waals surface area contributed by atoms with E-state index >= 15 is 0 Å². The summed E-state index contributed by atoms with van der Waals surface area (Å²) in [7, 11) is 0. The highest BCUT2D eigenvalue weighted by Crippen LogP contribution is 2.44. The molecule has 0 radical (unpaired) electrons. The van der Waals surface area contributed by atoms with Crippen LogP contribution in [0, 0.1) is 17.8 Å². The molecule has 1 saturated carbocycles. The van der Waals surface area contributed by atoms with Gasteiger partial charge in [0.1, 0.15) is 5.69 Å². The molecule has 0 spiro atoms. The lowest BCUT2D eigenvalue weighted by Crippen LogP contribution is -2.25. The fourth-order valence-corrected chi connectivity index (χ4v) is 2.91. The zero-order valence-electron chi connectivity index (χ0n) is 11.0. The molecule has 5 nitrogen and oxygen atoms in total. The largest absolute Gasteiger partial charge is 0.481 e. The van der Waals surface area contributed by atoms with Crippen molar-refractivity contribution >= 4 is 11.9 Å². The van der Waals surface area contributed by atoms with Gasteiger partial charge in [-0.25, -0.2) is 9.97 Å². The highest BCUT2D eigenvalue weighted by Gasteiger charge is 2.46. The molecule has 1 saturated heterocycles. The topological polar surface area (TPSA) is 66.3 Å². The van der Waals surface area contributed by atoms with Crippen molar-refractivity contribution in [2.24, 2.45) is 17.8 Å². The maximum absolute atomic E-state index is 12.7. The third kappa shape index (κ3) is 2.79. The van der Waals surface area contributed by atoms with Crippen molar-refractivity contribution in [3.63, 3.8) is 0 Å². The highest BCUT2D eigenvalue weighted by molar-refractivity contribution is 5.72. The molecule has 0 aromatic carbocycles. The molecule has 1 aromatic rings. The average Bonchev–Trinajstić information content (AvgIpc) is 3.16. The standard InChI is InChI=1S/C13H14F3N3O2/c14-13(15,16)10-3-4-17-12(18-10)19-5-8(7-1-2-7)9(6-19)11(20)21/h3-4,7-9H,1-2,5-6H2,(H,20,21)/t8-,9+/m0/s1. The Balaban J connectivity index is 1.83. The molecular formula is C13H14F3N3O2. The molecule has 1 aromatic heterocycles. The predicted octanol–water partition coefficient (Wildman–Crippen LogP) is 2.04. The van der Waals surface area contributed by atoms with Gasteiger partial charge in [0.15, 0.2) is 0 Å². The normalized spacial score (nSPS) is 26.1. The number of alkyl halides is 3. The lowest BCUT2D eigenvalue weighted by Gasteiger charge is -2.17. The van der Waals surface area contributed by atoms with Gasteiger partial charge in [-0.1, -0.05) is 0 Å². The Morgan fingerprint density at radius 3 is 2.62 bits per heavy atom. The molecule has 2 atom stereocenters. The predicted molar refractivity (Wildman–Crippen MR) is 66.6 cm³/mol. The van der Waals surface area contributed by atoms with Crippen molar-refractivity contribution in [3.8, 4) is 0 Å². The Bertz CT molecular complexity index is 560. The molecule has 0 amide bonds. The van der Waals surface area contributed by atoms with Crippen LogP contribution in [0.4, 0.5) is 19.1 Å². The van der Waals surface area contributed by atoms with Crippen LogP contribution in [0.25, 0.3) is 0 Å². The summed E-state index contributed by atoms with van der Waals surface area (Å²) in [6, 6.07) is 0.812. The van der Waals surface area contributed by atoms with Crippen LogP contribution >= 0.6 is 0 Å². The summed E-state index contributed by atoms with van der Waals surface area (Å²) >= 11 is 0. The molecule has 114 valence electrons. The zero-order chi connectivity index (χ0) is 15.2. The van der Waals surface area contributed by atoms with Crippen LogP contribution in [0.15, 0.2) is 12.3 Å². The van der Waals surface area contributed by atoms with Crippen molar-refractivity contribution in [1.29, 1.82) is 0 Å². The molecule has 8 heteroatoms. The van der Waals surface area contributed by atoms with Crippen LogP contribution in [0.5, 0.6) is 0 Å². The van der Waals surface area contributed by atoms with E-state index in [0.717, 1.165) is 25.1 Å². The minimum absolute atomic E-state index is 0.0272. The summed E-state index contributed by atoms with van der Waals surface area (Å²) in [6.07, 6.45) is -1.48. The fourth-order valence-electron chi connectivity index (χ4n) is 2.91. The smallest absolute Gasteiger partial charge is 0.433 e. The average molecular weight is 301 g/mol. The fraction of sp³-hybridized carbons (Fsp3) is 0.615. The van der Waals surface area contributed by atoms with Gasteiger partial charge in [-0.05, 0) is 30.7 Å². The first-order valence-corrected chi connectivity index (χ1v) is 6.74. The molecule has 1 aliphatic heterocycles. The van der Waals surface area contributed by atoms with Crippen molar-refractivity contribution in [3.05, 3.63) is 18.0 Å². The third-order valence-corrected chi connectivity index (χ3v) is 4.13. The van der Waals surface area contributed by atoms with Crippen LogP contribution in [0.2, 0.25) is 0 Å². The number of hydrogen-bond acceptors (Lipinski definition) is 4. The SMILES string of the molecule is O=C(O)[C@@H]1CN(c2nccc(C(F)(F)F)n2)C[C@H]1C1CC1. The van der Waals surface area contributed by atoms with E-state index in [1.54, 1.807) is 4.90 Å².